The lowest BCUT2D eigenvalue weighted by Gasteiger charge is -2.25. The highest BCUT2D eigenvalue weighted by molar-refractivity contribution is 7.23. The Morgan fingerprint density at radius 3 is 2.09 bits per heavy atom. The molecule has 0 amide bonds. The van der Waals surface area contributed by atoms with Crippen molar-refractivity contribution in [2.45, 2.75) is 6.04 Å². The molecule has 3 heterocycles. The Morgan fingerprint density at radius 2 is 1.28 bits per heavy atom. The second-order valence-electron chi connectivity index (χ2n) is 11.7. The van der Waals surface area contributed by atoms with E-state index < -0.39 is 0 Å². The van der Waals surface area contributed by atoms with E-state index in [1.807, 2.05) is 17.4 Å². The lowest BCUT2D eigenvalue weighted by Crippen LogP contribution is -2.31. The Kier molecular flexibility index (Phi) is 6.39. The number of aliphatic imine (C=N–C) groups is 1. The molecule has 3 nitrogen and oxygen atoms in total. The Bertz CT molecular complexity index is 2430. The van der Waals surface area contributed by atoms with Gasteiger partial charge in [-0.15, -0.1) is 11.3 Å². The third-order valence-electron chi connectivity index (χ3n) is 8.83. The Morgan fingerprint density at radius 1 is 0.587 bits per heavy atom. The molecule has 1 atom stereocenters. The molecule has 6 aromatic carbocycles. The smallest absolute Gasteiger partial charge is 0.134 e. The number of aromatic nitrogens is 1. The molecule has 0 spiro atoms. The summed E-state index contributed by atoms with van der Waals surface area (Å²) in [5.41, 5.74) is 9.10. The molecule has 0 fully saturated rings. The third-order valence-corrected chi connectivity index (χ3v) is 10.1. The molecule has 0 saturated carbocycles. The van der Waals surface area contributed by atoms with Gasteiger partial charge >= 0.3 is 0 Å². The van der Waals surface area contributed by atoms with Crippen molar-refractivity contribution in [1.82, 2.24) is 9.88 Å². The van der Waals surface area contributed by atoms with E-state index in [9.17, 15) is 0 Å². The summed E-state index contributed by atoms with van der Waals surface area (Å²) in [6.45, 7) is 0. The predicted octanol–water partition coefficient (Wildman–Crippen LogP) is 10.8. The molecule has 0 aliphatic carbocycles. The van der Waals surface area contributed by atoms with Crippen LogP contribution in [0.25, 0.3) is 53.7 Å². The summed E-state index contributed by atoms with van der Waals surface area (Å²) >= 11 is 1.88. The first-order valence-corrected chi connectivity index (χ1v) is 16.4. The molecule has 0 radical (unpaired) electrons. The average Bonchev–Trinajstić information content (AvgIpc) is 3.72. The highest BCUT2D eigenvalue weighted by Gasteiger charge is 2.21. The fourth-order valence-corrected chi connectivity index (χ4v) is 7.88. The van der Waals surface area contributed by atoms with Crippen LogP contribution in [0.3, 0.4) is 0 Å². The Balaban J connectivity index is 1.20. The lowest BCUT2D eigenvalue weighted by molar-refractivity contribution is 0.781. The maximum absolute atomic E-state index is 5.18. The molecule has 1 unspecified atom stereocenters. The van der Waals surface area contributed by atoms with E-state index >= 15 is 0 Å². The largest absolute Gasteiger partial charge is 0.359 e. The van der Waals surface area contributed by atoms with Gasteiger partial charge in [-0.25, -0.2) is 4.99 Å². The molecule has 9 rings (SSSR count). The fraction of sp³-hybridized carbons (Fsp3) is 0.0238. The minimum Gasteiger partial charge on any atom is -0.359 e. The molecule has 1 aliphatic rings. The highest BCUT2D eigenvalue weighted by Crippen LogP contribution is 2.42. The fourth-order valence-electron chi connectivity index (χ4n) is 6.66. The first-order chi connectivity index (χ1) is 22.8. The monoisotopic (exact) mass is 607 g/mol. The number of amidine groups is 1. The van der Waals surface area contributed by atoms with Crippen molar-refractivity contribution in [2.24, 2.45) is 4.99 Å². The summed E-state index contributed by atoms with van der Waals surface area (Å²) in [5.74, 6) is 0.867. The first kappa shape index (κ1) is 26.7. The number of hydrogen-bond acceptors (Lipinski definition) is 3. The first-order valence-electron chi connectivity index (χ1n) is 15.6. The van der Waals surface area contributed by atoms with Crippen LogP contribution in [0.1, 0.15) is 22.7 Å². The second-order valence-corrected chi connectivity index (χ2v) is 12.7. The van der Waals surface area contributed by atoms with E-state index in [2.05, 4.69) is 168 Å². The minimum atomic E-state index is 0.00623. The van der Waals surface area contributed by atoms with Gasteiger partial charge in [0.2, 0.25) is 0 Å². The van der Waals surface area contributed by atoms with Crippen molar-refractivity contribution in [3.8, 4) is 16.1 Å². The zero-order valence-electron chi connectivity index (χ0n) is 25.0. The molecular weight excluding hydrogens is 579 g/mol. The quantitative estimate of drug-likeness (QED) is 0.207. The van der Waals surface area contributed by atoms with Crippen molar-refractivity contribution in [3.63, 3.8) is 0 Å². The van der Waals surface area contributed by atoms with E-state index in [0.29, 0.717) is 0 Å². The van der Waals surface area contributed by atoms with Crippen LogP contribution < -0.4 is 5.32 Å². The van der Waals surface area contributed by atoms with Gasteiger partial charge in [-0.2, -0.15) is 0 Å². The second kappa shape index (κ2) is 11.0. The summed E-state index contributed by atoms with van der Waals surface area (Å²) in [6.07, 6.45) is 2.22. The minimum absolute atomic E-state index is 0.00623. The topological polar surface area (TPSA) is 29.3 Å². The van der Waals surface area contributed by atoms with E-state index in [1.54, 1.807) is 0 Å². The number of rotatable bonds is 5. The number of benzene rings is 6. The molecule has 0 saturated heterocycles. The molecule has 8 aromatic rings. The van der Waals surface area contributed by atoms with E-state index in [1.165, 1.54) is 47.9 Å². The predicted molar refractivity (Wildman–Crippen MR) is 195 cm³/mol. The Hall–Kier alpha value is -5.71. The molecule has 2 aromatic heterocycles. The molecule has 46 heavy (non-hydrogen) atoms. The highest BCUT2D eigenvalue weighted by atomic mass is 32.1. The number of thiophene rings is 1. The van der Waals surface area contributed by atoms with Gasteiger partial charge in [0.1, 0.15) is 5.84 Å². The lowest BCUT2D eigenvalue weighted by atomic mass is 10.0. The summed E-state index contributed by atoms with van der Waals surface area (Å²) in [5, 5.41) is 7.59. The summed E-state index contributed by atoms with van der Waals surface area (Å²) < 4.78 is 3.73. The molecule has 1 N–H and O–H groups in total. The van der Waals surface area contributed by atoms with Gasteiger partial charge in [-0.05, 0) is 58.5 Å². The van der Waals surface area contributed by atoms with Crippen LogP contribution in [0.4, 0.5) is 0 Å². The van der Waals surface area contributed by atoms with Crippen molar-refractivity contribution in [2.75, 3.05) is 0 Å². The van der Waals surface area contributed by atoms with Crippen LogP contribution in [0, 0.1) is 0 Å². The van der Waals surface area contributed by atoms with Crippen molar-refractivity contribution >= 4 is 54.8 Å². The standard InChI is InChI=1S/C42H29N3S/c1-4-13-28(14-5-1)35-27-36(29-15-6-2-7-16-29)44-42(43-35)32-19-12-20-33(25-32)45-37-22-11-10-21-34(37)40-38(45)24-23-31-26-39(46-41(31)40)30-17-8-3-9-18-30/h1-27,35H,(H,43,44). The zero-order chi connectivity index (χ0) is 30.5. The van der Waals surface area contributed by atoms with E-state index in [0.717, 1.165) is 28.3 Å². The molecule has 218 valence electrons. The summed E-state index contributed by atoms with van der Waals surface area (Å²) in [4.78, 5) is 6.47. The van der Waals surface area contributed by atoms with Crippen LogP contribution in [-0.2, 0) is 0 Å². The number of para-hydroxylation sites is 1. The van der Waals surface area contributed by atoms with Gasteiger partial charge in [0.05, 0.1) is 22.8 Å². The maximum atomic E-state index is 5.18. The van der Waals surface area contributed by atoms with E-state index in [-0.39, 0.29) is 6.04 Å². The van der Waals surface area contributed by atoms with Crippen LogP contribution >= 0.6 is 11.3 Å². The summed E-state index contributed by atoms with van der Waals surface area (Å²) in [7, 11) is 0. The number of nitrogens with zero attached hydrogens (tertiary/aromatic N) is 2. The van der Waals surface area contributed by atoms with Gasteiger partial charge < -0.3 is 9.88 Å². The van der Waals surface area contributed by atoms with Crippen molar-refractivity contribution in [3.05, 3.63) is 180 Å². The van der Waals surface area contributed by atoms with Gasteiger partial charge in [-0.1, -0.05) is 127 Å². The van der Waals surface area contributed by atoms with E-state index in [4.69, 9.17) is 4.99 Å². The normalized spacial score (nSPS) is 14.7. The maximum Gasteiger partial charge on any atom is 0.134 e. The van der Waals surface area contributed by atoms with Gasteiger partial charge in [0.25, 0.3) is 0 Å². The summed E-state index contributed by atoms with van der Waals surface area (Å²) in [6, 6.07) is 56.1. The Labute approximate surface area is 271 Å². The number of hydrogen-bond donors (Lipinski definition) is 1. The molecule has 4 heteroatoms. The molecular formula is C42H29N3S. The van der Waals surface area contributed by atoms with Crippen LogP contribution in [0.15, 0.2) is 169 Å². The molecule has 0 bridgehead atoms. The van der Waals surface area contributed by atoms with Gasteiger partial charge in [0.15, 0.2) is 0 Å². The van der Waals surface area contributed by atoms with Gasteiger partial charge in [0, 0.05) is 31.6 Å². The van der Waals surface area contributed by atoms with Crippen molar-refractivity contribution in [1.29, 1.82) is 0 Å². The van der Waals surface area contributed by atoms with Crippen LogP contribution in [0.2, 0.25) is 0 Å². The average molecular weight is 608 g/mol. The SMILES string of the molecule is C1=C(c2ccccc2)N=C(c2cccc(-n3c4ccccc4c4c5sc(-c6ccccc6)cc5ccc43)c2)NC1c1ccccc1. The zero-order valence-corrected chi connectivity index (χ0v) is 25.8. The van der Waals surface area contributed by atoms with Crippen LogP contribution in [0.5, 0.6) is 0 Å². The third kappa shape index (κ3) is 4.54. The number of nitrogens with one attached hydrogen (secondary N) is 1. The molecule has 1 aliphatic heterocycles. The number of fused-ring (bicyclic) bond motifs is 5. The van der Waals surface area contributed by atoms with Gasteiger partial charge in [-0.3, -0.25) is 0 Å². The van der Waals surface area contributed by atoms with Crippen LogP contribution in [-0.4, -0.2) is 10.4 Å². The van der Waals surface area contributed by atoms with Crippen molar-refractivity contribution < 1.29 is 0 Å².